The maximum absolute atomic E-state index is 11.4. The van der Waals surface area contributed by atoms with Crippen molar-refractivity contribution in [3.05, 3.63) is 22.4 Å². The molecule has 0 bridgehead atoms. The Kier molecular flexibility index (Phi) is 8.36. The van der Waals surface area contributed by atoms with Gasteiger partial charge in [-0.05, 0) is 56.6 Å². The highest BCUT2D eigenvalue weighted by atomic mass is 32.1. The molecule has 29 heavy (non-hydrogen) atoms. The Bertz CT molecular complexity index is 654. The lowest BCUT2D eigenvalue weighted by Crippen LogP contribution is -2.47. The highest BCUT2D eigenvalue weighted by molar-refractivity contribution is 7.10. The fraction of sp³-hybridized carbons (Fsp3) is 0.727. The molecule has 1 aliphatic heterocycles. The Hall–Kier alpha value is -1.60. The number of likely N-dealkylation sites (tertiary alicyclic amines) is 1. The van der Waals surface area contributed by atoms with Gasteiger partial charge in [-0.2, -0.15) is 0 Å². The van der Waals surface area contributed by atoms with E-state index in [-0.39, 0.29) is 17.2 Å². The Balaban J connectivity index is 1.42. The normalized spacial score (nSPS) is 22.9. The second kappa shape index (κ2) is 11.0. The number of carbonyl (C=O) groups excluding carboxylic acids is 1. The van der Waals surface area contributed by atoms with Crippen molar-refractivity contribution in [3.8, 4) is 0 Å². The van der Waals surface area contributed by atoms with E-state index in [1.54, 1.807) is 0 Å². The van der Waals surface area contributed by atoms with E-state index in [0.717, 1.165) is 57.9 Å². The van der Waals surface area contributed by atoms with Crippen LogP contribution in [-0.2, 0) is 10.2 Å². The van der Waals surface area contributed by atoms with Crippen molar-refractivity contribution in [1.29, 1.82) is 0 Å². The third kappa shape index (κ3) is 6.19. The zero-order valence-corrected chi connectivity index (χ0v) is 18.6. The molecule has 1 aliphatic carbocycles. The van der Waals surface area contributed by atoms with E-state index in [1.165, 1.54) is 37.0 Å². The lowest BCUT2D eigenvalue weighted by molar-refractivity contribution is -0.123. The van der Waals surface area contributed by atoms with Gasteiger partial charge in [0.05, 0.1) is 5.92 Å². The van der Waals surface area contributed by atoms with Gasteiger partial charge in [-0.15, -0.1) is 11.3 Å². The Labute approximate surface area is 179 Å². The third-order valence-corrected chi connectivity index (χ3v) is 7.64. The van der Waals surface area contributed by atoms with Crippen LogP contribution in [0.2, 0.25) is 0 Å². The second-order valence-corrected chi connectivity index (χ2v) is 9.51. The molecule has 0 aromatic carbocycles. The van der Waals surface area contributed by atoms with Crippen molar-refractivity contribution in [2.45, 2.75) is 56.8 Å². The fourth-order valence-electron chi connectivity index (χ4n) is 4.79. The van der Waals surface area contributed by atoms with Crippen LogP contribution in [-0.4, -0.2) is 56.5 Å². The van der Waals surface area contributed by atoms with E-state index in [4.69, 9.17) is 5.73 Å². The van der Waals surface area contributed by atoms with Crippen molar-refractivity contribution in [2.75, 3.05) is 39.8 Å². The molecular weight excluding hydrogens is 382 g/mol. The SMILES string of the molecule is CN=C(NCCCN1CCCC(C(N)=O)C1)NCC1(c2cccs2)CCCCC1. The van der Waals surface area contributed by atoms with E-state index in [9.17, 15) is 4.79 Å². The molecule has 4 N–H and O–H groups in total. The maximum atomic E-state index is 11.4. The molecule has 3 rings (SSSR count). The minimum Gasteiger partial charge on any atom is -0.369 e. The highest BCUT2D eigenvalue weighted by Crippen LogP contribution is 2.41. The first-order chi connectivity index (χ1) is 14.1. The standard InChI is InChI=1S/C22H37N5OS/c1-24-21(25-12-7-14-27-13-5-8-18(16-27)20(23)28)26-17-22(10-3-2-4-11-22)19-9-6-15-29-19/h6,9,15,18H,2-5,7-8,10-14,16-17H2,1H3,(H2,23,28)(H2,24,25,26). The van der Waals surface area contributed by atoms with Gasteiger partial charge in [0.1, 0.15) is 0 Å². The molecule has 6 nitrogen and oxygen atoms in total. The lowest BCUT2D eigenvalue weighted by Gasteiger charge is -2.37. The molecule has 1 saturated heterocycles. The molecule has 0 radical (unpaired) electrons. The quantitative estimate of drug-likeness (QED) is 0.344. The zero-order valence-electron chi connectivity index (χ0n) is 17.8. The van der Waals surface area contributed by atoms with Gasteiger partial charge in [0.2, 0.25) is 5.91 Å². The van der Waals surface area contributed by atoms with E-state index >= 15 is 0 Å². The van der Waals surface area contributed by atoms with Gasteiger partial charge in [-0.25, -0.2) is 0 Å². The zero-order chi connectivity index (χ0) is 20.5. The molecule has 2 aliphatic rings. The predicted octanol–water partition coefficient (Wildman–Crippen LogP) is 2.70. The molecule has 1 saturated carbocycles. The lowest BCUT2D eigenvalue weighted by atomic mass is 9.73. The average molecular weight is 420 g/mol. The summed E-state index contributed by atoms with van der Waals surface area (Å²) in [4.78, 5) is 19.7. The fourth-order valence-corrected chi connectivity index (χ4v) is 5.78. The summed E-state index contributed by atoms with van der Waals surface area (Å²) in [6.45, 7) is 4.70. The van der Waals surface area contributed by atoms with Crippen LogP contribution in [0, 0.1) is 5.92 Å². The third-order valence-electron chi connectivity index (χ3n) is 6.52. The maximum Gasteiger partial charge on any atom is 0.221 e. The number of guanidine groups is 1. The molecular formula is C22H37N5OS. The summed E-state index contributed by atoms with van der Waals surface area (Å²) < 4.78 is 0. The second-order valence-electron chi connectivity index (χ2n) is 8.57. The Morgan fingerprint density at radius 2 is 2.14 bits per heavy atom. The van der Waals surface area contributed by atoms with Crippen LogP contribution in [0.1, 0.15) is 56.2 Å². The number of nitrogens with one attached hydrogen (secondary N) is 2. The van der Waals surface area contributed by atoms with Crippen molar-refractivity contribution in [2.24, 2.45) is 16.6 Å². The van der Waals surface area contributed by atoms with E-state index in [2.05, 4.69) is 38.0 Å². The van der Waals surface area contributed by atoms with E-state index in [0.29, 0.717) is 0 Å². The van der Waals surface area contributed by atoms with Crippen LogP contribution >= 0.6 is 11.3 Å². The highest BCUT2D eigenvalue weighted by Gasteiger charge is 2.34. The summed E-state index contributed by atoms with van der Waals surface area (Å²) in [5, 5.41) is 9.27. The summed E-state index contributed by atoms with van der Waals surface area (Å²) >= 11 is 1.89. The predicted molar refractivity (Wildman–Crippen MR) is 121 cm³/mol. The van der Waals surface area contributed by atoms with Gasteiger partial charge < -0.3 is 21.3 Å². The molecule has 0 spiro atoms. The minimum atomic E-state index is -0.153. The van der Waals surface area contributed by atoms with Crippen molar-refractivity contribution >= 4 is 23.2 Å². The number of amides is 1. The van der Waals surface area contributed by atoms with Crippen LogP contribution in [0.25, 0.3) is 0 Å². The van der Waals surface area contributed by atoms with Gasteiger partial charge in [0.25, 0.3) is 0 Å². The molecule has 7 heteroatoms. The smallest absolute Gasteiger partial charge is 0.221 e. The summed E-state index contributed by atoms with van der Waals surface area (Å²) in [5.74, 6) is 0.759. The molecule has 1 aromatic heterocycles. The summed E-state index contributed by atoms with van der Waals surface area (Å²) in [6.07, 6.45) is 9.53. The van der Waals surface area contributed by atoms with Gasteiger partial charge in [0.15, 0.2) is 5.96 Å². The average Bonchev–Trinajstić information content (AvgIpc) is 3.30. The minimum absolute atomic E-state index is 0.0232. The van der Waals surface area contributed by atoms with Crippen LogP contribution in [0.5, 0.6) is 0 Å². The number of nitrogens with zero attached hydrogens (tertiary/aromatic N) is 2. The van der Waals surface area contributed by atoms with Crippen molar-refractivity contribution in [3.63, 3.8) is 0 Å². The first-order valence-electron chi connectivity index (χ1n) is 11.1. The number of nitrogens with two attached hydrogens (primary N) is 1. The molecule has 1 unspecified atom stereocenters. The summed E-state index contributed by atoms with van der Waals surface area (Å²) in [7, 11) is 1.84. The van der Waals surface area contributed by atoms with E-state index in [1.807, 2.05) is 18.4 Å². The number of carbonyl (C=O) groups is 1. The number of rotatable bonds is 8. The monoisotopic (exact) mass is 419 g/mol. The van der Waals surface area contributed by atoms with Gasteiger partial charge in [0, 0.05) is 37.0 Å². The van der Waals surface area contributed by atoms with Gasteiger partial charge >= 0.3 is 0 Å². The number of primary amides is 1. The van der Waals surface area contributed by atoms with Crippen molar-refractivity contribution in [1.82, 2.24) is 15.5 Å². The molecule has 1 amide bonds. The molecule has 162 valence electrons. The van der Waals surface area contributed by atoms with Gasteiger partial charge in [-0.1, -0.05) is 25.3 Å². The molecule has 2 fully saturated rings. The number of aliphatic imine (C=N–C) groups is 1. The molecule has 1 atom stereocenters. The van der Waals surface area contributed by atoms with Crippen LogP contribution in [0.4, 0.5) is 0 Å². The van der Waals surface area contributed by atoms with Crippen LogP contribution < -0.4 is 16.4 Å². The van der Waals surface area contributed by atoms with E-state index < -0.39 is 0 Å². The number of hydrogen-bond donors (Lipinski definition) is 3. The van der Waals surface area contributed by atoms with Crippen molar-refractivity contribution < 1.29 is 4.79 Å². The summed E-state index contributed by atoms with van der Waals surface area (Å²) in [6, 6.07) is 4.47. The molecule has 1 aromatic rings. The Morgan fingerprint density at radius 3 is 2.83 bits per heavy atom. The number of hydrogen-bond acceptors (Lipinski definition) is 4. The Morgan fingerprint density at radius 1 is 1.31 bits per heavy atom. The largest absolute Gasteiger partial charge is 0.369 e. The van der Waals surface area contributed by atoms with Crippen LogP contribution in [0.15, 0.2) is 22.5 Å². The number of piperidine rings is 1. The topological polar surface area (TPSA) is 82.8 Å². The van der Waals surface area contributed by atoms with Gasteiger partial charge in [-0.3, -0.25) is 9.79 Å². The number of thiophene rings is 1. The van der Waals surface area contributed by atoms with Crippen LogP contribution in [0.3, 0.4) is 0 Å². The summed E-state index contributed by atoms with van der Waals surface area (Å²) in [5.41, 5.74) is 5.73. The molecule has 2 heterocycles. The first kappa shape index (κ1) is 22.1. The first-order valence-corrected chi connectivity index (χ1v) is 12.0.